The van der Waals surface area contributed by atoms with Crippen molar-refractivity contribution in [3.8, 4) is 0 Å². The number of carbonyl (C=O) groups is 1. The molecule has 1 saturated carbocycles. The molecule has 1 aliphatic carbocycles. The summed E-state index contributed by atoms with van der Waals surface area (Å²) in [4.78, 5) is 11.8. The second-order valence-corrected chi connectivity index (χ2v) is 7.68. The van der Waals surface area contributed by atoms with E-state index in [1.807, 2.05) is 0 Å². The van der Waals surface area contributed by atoms with Gasteiger partial charge in [-0.2, -0.15) is 0 Å². The summed E-state index contributed by atoms with van der Waals surface area (Å²) >= 11 is 11.7. The fourth-order valence-electron chi connectivity index (χ4n) is 2.10. The summed E-state index contributed by atoms with van der Waals surface area (Å²) in [5, 5.41) is 7.80. The highest BCUT2D eigenvalue weighted by atomic mass is 35.5. The molecule has 3 N–H and O–H groups in total. The lowest BCUT2D eigenvalue weighted by molar-refractivity contribution is 0.0946. The molecule has 0 saturated heterocycles. The smallest absolute Gasteiger partial charge is 0.252 e. The van der Waals surface area contributed by atoms with E-state index < -0.39 is 15.9 Å². The van der Waals surface area contributed by atoms with Crippen LogP contribution in [0.3, 0.4) is 0 Å². The van der Waals surface area contributed by atoms with Crippen LogP contribution in [0.15, 0.2) is 17.0 Å². The Balaban J connectivity index is 2.19. The Bertz CT molecular complexity index is 672. The van der Waals surface area contributed by atoms with Gasteiger partial charge in [0.2, 0.25) is 10.0 Å². The van der Waals surface area contributed by atoms with Crippen molar-refractivity contribution in [2.24, 2.45) is 17.0 Å². The molecule has 1 atom stereocenters. The number of amides is 1. The molecule has 1 aliphatic rings. The zero-order valence-electron chi connectivity index (χ0n) is 11.4. The maximum atomic E-state index is 12.1. The van der Waals surface area contributed by atoms with E-state index in [2.05, 4.69) is 12.2 Å². The topological polar surface area (TPSA) is 89.3 Å². The molecular formula is C13H16Cl2N2O3S. The molecule has 1 fully saturated rings. The highest BCUT2D eigenvalue weighted by Gasteiger charge is 2.28. The van der Waals surface area contributed by atoms with Gasteiger partial charge in [0, 0.05) is 6.54 Å². The first-order chi connectivity index (χ1) is 9.70. The monoisotopic (exact) mass is 350 g/mol. The standard InChI is InChI=1S/C13H16Cl2N2O3S/c1-7(8-2-3-8)6-17-13(18)9-4-12(21(16,19)20)11(15)5-10(9)14/h4-5,7-8H,2-3,6H2,1H3,(H,17,18)(H2,16,19,20). The molecule has 1 unspecified atom stereocenters. The number of halogens is 2. The van der Waals surface area contributed by atoms with Crippen LogP contribution in [0, 0.1) is 11.8 Å². The van der Waals surface area contributed by atoms with Gasteiger partial charge in [0.05, 0.1) is 15.6 Å². The predicted molar refractivity (Wildman–Crippen MR) is 82.1 cm³/mol. The van der Waals surface area contributed by atoms with Crippen molar-refractivity contribution < 1.29 is 13.2 Å². The zero-order valence-corrected chi connectivity index (χ0v) is 13.7. The first-order valence-electron chi connectivity index (χ1n) is 6.50. The fourth-order valence-corrected chi connectivity index (χ4v) is 3.51. The van der Waals surface area contributed by atoms with E-state index in [1.165, 1.54) is 18.9 Å². The molecular weight excluding hydrogens is 335 g/mol. The minimum atomic E-state index is -4.01. The third-order valence-corrected chi connectivity index (χ3v) is 5.27. The molecule has 0 aliphatic heterocycles. The van der Waals surface area contributed by atoms with Crippen molar-refractivity contribution in [2.45, 2.75) is 24.7 Å². The lowest BCUT2D eigenvalue weighted by Crippen LogP contribution is -2.29. The maximum absolute atomic E-state index is 12.1. The average molecular weight is 351 g/mol. The molecule has 5 nitrogen and oxygen atoms in total. The second kappa shape index (κ2) is 6.12. The van der Waals surface area contributed by atoms with E-state index in [1.54, 1.807) is 0 Å². The summed E-state index contributed by atoms with van der Waals surface area (Å²) in [6.07, 6.45) is 2.38. The SMILES string of the molecule is CC(CNC(=O)c1cc(S(N)(=O)=O)c(Cl)cc1Cl)C1CC1. The van der Waals surface area contributed by atoms with E-state index in [9.17, 15) is 13.2 Å². The minimum Gasteiger partial charge on any atom is -0.352 e. The zero-order chi connectivity index (χ0) is 15.8. The van der Waals surface area contributed by atoms with Gasteiger partial charge >= 0.3 is 0 Å². The van der Waals surface area contributed by atoms with Crippen LogP contribution in [0.2, 0.25) is 10.0 Å². The molecule has 0 radical (unpaired) electrons. The van der Waals surface area contributed by atoms with E-state index in [0.717, 1.165) is 6.07 Å². The molecule has 1 amide bonds. The Morgan fingerprint density at radius 1 is 1.38 bits per heavy atom. The first-order valence-corrected chi connectivity index (χ1v) is 8.80. The number of nitrogens with two attached hydrogens (primary N) is 1. The Hall–Kier alpha value is -0.820. The van der Waals surface area contributed by atoms with Crippen molar-refractivity contribution >= 4 is 39.1 Å². The van der Waals surface area contributed by atoms with Crippen LogP contribution < -0.4 is 10.5 Å². The van der Waals surface area contributed by atoms with E-state index in [-0.39, 0.29) is 20.5 Å². The number of nitrogens with one attached hydrogen (secondary N) is 1. The lowest BCUT2D eigenvalue weighted by atomic mass is 10.1. The molecule has 0 spiro atoms. The van der Waals surface area contributed by atoms with Gasteiger partial charge in [0.1, 0.15) is 4.90 Å². The molecule has 2 rings (SSSR count). The van der Waals surface area contributed by atoms with Gasteiger partial charge in [0.15, 0.2) is 0 Å². The quantitative estimate of drug-likeness (QED) is 0.854. The normalized spacial score (nSPS) is 16.6. The summed E-state index contributed by atoms with van der Waals surface area (Å²) in [6, 6.07) is 2.32. The number of rotatable bonds is 5. The van der Waals surface area contributed by atoms with Gasteiger partial charge in [-0.25, -0.2) is 13.6 Å². The minimum absolute atomic E-state index is 0.0492. The van der Waals surface area contributed by atoms with Crippen LogP contribution in [0.4, 0.5) is 0 Å². The van der Waals surface area contributed by atoms with Crippen LogP contribution in [-0.2, 0) is 10.0 Å². The average Bonchev–Trinajstić information content (AvgIpc) is 3.18. The summed E-state index contributed by atoms with van der Waals surface area (Å²) in [6.45, 7) is 2.59. The van der Waals surface area contributed by atoms with E-state index >= 15 is 0 Å². The highest BCUT2D eigenvalue weighted by Crippen LogP contribution is 2.36. The molecule has 1 aromatic rings. The number of benzene rings is 1. The fraction of sp³-hybridized carbons (Fsp3) is 0.462. The Morgan fingerprint density at radius 2 is 2.00 bits per heavy atom. The summed E-state index contributed by atoms with van der Waals surface area (Å²) in [5.41, 5.74) is 0.0492. The van der Waals surface area contributed by atoms with E-state index in [0.29, 0.717) is 18.4 Å². The Kier molecular flexibility index (Phi) is 4.82. The number of hydrogen-bond donors (Lipinski definition) is 2. The Labute approximate surface area is 133 Å². The largest absolute Gasteiger partial charge is 0.352 e. The van der Waals surface area contributed by atoms with Crippen LogP contribution in [-0.4, -0.2) is 20.9 Å². The van der Waals surface area contributed by atoms with Gasteiger partial charge in [-0.3, -0.25) is 4.79 Å². The lowest BCUT2D eigenvalue weighted by Gasteiger charge is -2.13. The molecule has 0 bridgehead atoms. The highest BCUT2D eigenvalue weighted by molar-refractivity contribution is 7.89. The number of carbonyl (C=O) groups excluding carboxylic acids is 1. The molecule has 8 heteroatoms. The number of hydrogen-bond acceptors (Lipinski definition) is 3. The third kappa shape index (κ3) is 4.10. The van der Waals surface area contributed by atoms with Gasteiger partial charge in [-0.15, -0.1) is 0 Å². The predicted octanol–water partition coefficient (Wildman–Crippen LogP) is 2.42. The van der Waals surface area contributed by atoms with Crippen LogP contribution in [0.1, 0.15) is 30.1 Å². The van der Waals surface area contributed by atoms with Crippen molar-refractivity contribution in [1.82, 2.24) is 5.32 Å². The van der Waals surface area contributed by atoms with Crippen molar-refractivity contribution in [3.05, 3.63) is 27.7 Å². The maximum Gasteiger partial charge on any atom is 0.252 e. The molecule has 0 heterocycles. The summed E-state index contributed by atoms with van der Waals surface area (Å²) in [5.74, 6) is 0.609. The van der Waals surface area contributed by atoms with Gasteiger partial charge in [-0.05, 0) is 36.8 Å². The van der Waals surface area contributed by atoms with Gasteiger partial charge in [-0.1, -0.05) is 30.1 Å². The first kappa shape index (κ1) is 16.5. The molecule has 0 aromatic heterocycles. The van der Waals surface area contributed by atoms with Crippen LogP contribution in [0.25, 0.3) is 0 Å². The molecule has 21 heavy (non-hydrogen) atoms. The van der Waals surface area contributed by atoms with Crippen molar-refractivity contribution in [2.75, 3.05) is 6.54 Å². The summed E-state index contributed by atoms with van der Waals surface area (Å²) < 4.78 is 22.8. The number of primary sulfonamides is 1. The van der Waals surface area contributed by atoms with Crippen LogP contribution >= 0.6 is 23.2 Å². The summed E-state index contributed by atoms with van der Waals surface area (Å²) in [7, 11) is -4.01. The van der Waals surface area contributed by atoms with Gasteiger partial charge < -0.3 is 5.32 Å². The Morgan fingerprint density at radius 3 is 2.52 bits per heavy atom. The van der Waals surface area contributed by atoms with Crippen molar-refractivity contribution in [1.29, 1.82) is 0 Å². The third-order valence-electron chi connectivity index (χ3n) is 3.58. The molecule has 1 aromatic carbocycles. The van der Waals surface area contributed by atoms with Gasteiger partial charge in [0.25, 0.3) is 5.91 Å². The van der Waals surface area contributed by atoms with E-state index in [4.69, 9.17) is 28.3 Å². The number of sulfonamides is 1. The van der Waals surface area contributed by atoms with Crippen molar-refractivity contribution in [3.63, 3.8) is 0 Å². The molecule has 116 valence electrons. The van der Waals surface area contributed by atoms with Crippen LogP contribution in [0.5, 0.6) is 0 Å². The second-order valence-electron chi connectivity index (χ2n) is 5.33.